The van der Waals surface area contributed by atoms with Crippen molar-refractivity contribution in [1.29, 1.82) is 5.26 Å². The average molecular weight is 679 g/mol. The number of nitrogens with zero attached hydrogens (tertiary/aromatic N) is 4. The molecule has 10 nitrogen and oxygen atoms in total. The van der Waals surface area contributed by atoms with E-state index in [4.69, 9.17) is 21.1 Å². The molecule has 0 saturated carbocycles. The van der Waals surface area contributed by atoms with E-state index < -0.39 is 5.91 Å². The summed E-state index contributed by atoms with van der Waals surface area (Å²) in [6, 6.07) is 19.0. The molecule has 44 heavy (non-hydrogen) atoms. The highest BCUT2D eigenvalue weighted by Gasteiger charge is 2.32. The maximum Gasteiger partial charge on any atom is 0.333 e. The number of halogens is 2. The second kappa shape index (κ2) is 13.0. The van der Waals surface area contributed by atoms with Crippen LogP contribution in [0, 0.1) is 11.3 Å². The molecule has 1 aromatic heterocycles. The third-order valence-corrected chi connectivity index (χ3v) is 8.39. The summed E-state index contributed by atoms with van der Waals surface area (Å²) in [5, 5.41) is 12.6. The summed E-state index contributed by atoms with van der Waals surface area (Å²) >= 11 is 9.59. The monoisotopic (exact) mass is 677 g/mol. The van der Waals surface area contributed by atoms with E-state index in [-0.39, 0.29) is 49.6 Å². The number of imidazole rings is 1. The fourth-order valence-electron chi connectivity index (χ4n) is 5.07. The highest BCUT2D eigenvalue weighted by Crippen LogP contribution is 2.27. The first-order chi connectivity index (χ1) is 21.1. The van der Waals surface area contributed by atoms with Gasteiger partial charge in [0.1, 0.15) is 23.3 Å². The maximum atomic E-state index is 13.9. The summed E-state index contributed by atoms with van der Waals surface area (Å²) in [4.78, 5) is 42.8. The van der Waals surface area contributed by atoms with Gasteiger partial charge in [-0.25, -0.2) is 4.79 Å². The van der Waals surface area contributed by atoms with E-state index in [1.165, 1.54) is 16.2 Å². The molecule has 0 bridgehead atoms. The van der Waals surface area contributed by atoms with Gasteiger partial charge in [0.25, 0.3) is 11.8 Å². The first kappa shape index (κ1) is 30.9. The number of aromatic nitrogens is 2. The van der Waals surface area contributed by atoms with E-state index in [0.717, 1.165) is 0 Å². The van der Waals surface area contributed by atoms with Crippen molar-refractivity contribution in [3.05, 3.63) is 109 Å². The Morgan fingerprint density at radius 1 is 1.09 bits per heavy atom. The van der Waals surface area contributed by atoms with E-state index in [9.17, 15) is 19.6 Å². The standard InChI is InChI=1S/C32H29BrClN5O5/c1-19(2)44-24-9-7-23(8-10-24)39-29(30(40)36-17-20-4-5-22(16-35)28(14-20)43-3)27-18-37(12-13-38(27)32(39)42)31(41)21-6-11-25(33)26(34)15-21/h4-11,14-15,19H,12-13,17-18H2,1-3H3,(H,36,40). The van der Waals surface area contributed by atoms with Crippen molar-refractivity contribution in [2.75, 3.05) is 13.7 Å². The van der Waals surface area contributed by atoms with Gasteiger partial charge in [-0.2, -0.15) is 5.26 Å². The number of ether oxygens (including phenoxy) is 2. The highest BCUT2D eigenvalue weighted by molar-refractivity contribution is 9.10. The topological polar surface area (TPSA) is 119 Å². The molecule has 2 heterocycles. The normalized spacial score (nSPS) is 12.4. The number of carbonyl (C=O) groups excluding carboxylic acids is 2. The fraction of sp³-hybridized carbons (Fsp3) is 0.250. The Bertz CT molecular complexity index is 1840. The van der Waals surface area contributed by atoms with Gasteiger partial charge in [-0.15, -0.1) is 0 Å². The van der Waals surface area contributed by atoms with Crippen molar-refractivity contribution < 1.29 is 19.1 Å². The number of carbonyl (C=O) groups is 2. The van der Waals surface area contributed by atoms with Crippen molar-refractivity contribution in [2.45, 2.75) is 39.6 Å². The Kier molecular flexibility index (Phi) is 9.13. The molecule has 4 aromatic rings. The summed E-state index contributed by atoms with van der Waals surface area (Å²) < 4.78 is 14.6. The zero-order valence-electron chi connectivity index (χ0n) is 24.3. The number of hydrogen-bond acceptors (Lipinski definition) is 6. The van der Waals surface area contributed by atoms with E-state index in [1.807, 2.05) is 13.8 Å². The van der Waals surface area contributed by atoms with Gasteiger partial charge in [-0.05, 0) is 89.9 Å². The minimum Gasteiger partial charge on any atom is -0.495 e. The summed E-state index contributed by atoms with van der Waals surface area (Å²) in [6.45, 7) is 4.47. The Morgan fingerprint density at radius 2 is 1.84 bits per heavy atom. The Balaban J connectivity index is 1.52. The maximum absolute atomic E-state index is 13.9. The summed E-state index contributed by atoms with van der Waals surface area (Å²) in [6.07, 6.45) is -0.0308. The van der Waals surface area contributed by atoms with Crippen LogP contribution >= 0.6 is 27.5 Å². The minimum atomic E-state index is -0.498. The van der Waals surface area contributed by atoms with Crippen LogP contribution in [0.15, 0.2) is 69.9 Å². The zero-order chi connectivity index (χ0) is 31.5. The molecule has 1 aliphatic rings. The average Bonchev–Trinajstić information content (AvgIpc) is 3.32. The van der Waals surface area contributed by atoms with Gasteiger partial charge in [0.2, 0.25) is 0 Å². The molecule has 0 spiro atoms. The predicted octanol–water partition coefficient (Wildman–Crippen LogP) is 5.31. The molecule has 0 atom stereocenters. The molecule has 0 unspecified atom stereocenters. The molecule has 3 aromatic carbocycles. The number of rotatable bonds is 8. The number of methoxy groups -OCH3 is 1. The van der Waals surface area contributed by atoms with Gasteiger partial charge < -0.3 is 19.7 Å². The van der Waals surface area contributed by atoms with E-state index >= 15 is 0 Å². The first-order valence-corrected chi connectivity index (χ1v) is 15.0. The van der Waals surface area contributed by atoms with Crippen molar-refractivity contribution in [3.8, 4) is 23.3 Å². The van der Waals surface area contributed by atoms with Crippen molar-refractivity contribution >= 4 is 39.3 Å². The van der Waals surface area contributed by atoms with E-state index in [1.54, 1.807) is 65.6 Å². The van der Waals surface area contributed by atoms with Crippen molar-refractivity contribution in [3.63, 3.8) is 0 Å². The SMILES string of the molecule is COc1cc(CNC(=O)c2c3n(c(=O)n2-c2ccc(OC(C)C)cc2)CCN(C(=O)c2ccc(Br)c(Cl)c2)C3)ccc1C#N. The number of nitrogens with one attached hydrogen (secondary N) is 1. The Labute approximate surface area is 267 Å². The largest absolute Gasteiger partial charge is 0.495 e. The van der Waals surface area contributed by atoms with Crippen molar-refractivity contribution in [2.24, 2.45) is 0 Å². The van der Waals surface area contributed by atoms with Crippen LogP contribution in [0.2, 0.25) is 5.02 Å². The van der Waals surface area contributed by atoms with Crippen LogP contribution in [0.4, 0.5) is 0 Å². The number of hydrogen-bond donors (Lipinski definition) is 1. The molecule has 0 fully saturated rings. The summed E-state index contributed by atoms with van der Waals surface area (Å²) in [7, 11) is 1.47. The van der Waals surface area contributed by atoms with Crippen molar-refractivity contribution in [1.82, 2.24) is 19.4 Å². The predicted molar refractivity (Wildman–Crippen MR) is 169 cm³/mol. The molecule has 226 valence electrons. The lowest BCUT2D eigenvalue weighted by molar-refractivity contribution is 0.0706. The molecule has 2 amide bonds. The molecule has 1 aliphatic heterocycles. The van der Waals surface area contributed by atoms with Gasteiger partial charge in [-0.1, -0.05) is 17.7 Å². The first-order valence-electron chi connectivity index (χ1n) is 13.8. The van der Waals surface area contributed by atoms with Crippen LogP contribution < -0.4 is 20.5 Å². The number of nitriles is 1. The van der Waals surface area contributed by atoms with Gasteiger partial charge in [0.05, 0.1) is 41.7 Å². The molecular weight excluding hydrogens is 650 g/mol. The second-order valence-electron chi connectivity index (χ2n) is 10.4. The number of fused-ring (bicyclic) bond motifs is 1. The lowest BCUT2D eigenvalue weighted by Gasteiger charge is -2.28. The zero-order valence-corrected chi connectivity index (χ0v) is 26.6. The summed E-state index contributed by atoms with van der Waals surface area (Å²) in [5.41, 5.74) is 2.11. The lowest BCUT2D eigenvalue weighted by atomic mass is 10.1. The molecule has 1 N–H and O–H groups in total. The molecule has 5 rings (SSSR count). The molecule has 0 saturated heterocycles. The third-order valence-electron chi connectivity index (χ3n) is 7.15. The van der Waals surface area contributed by atoms with Crippen LogP contribution in [0.25, 0.3) is 5.69 Å². The lowest BCUT2D eigenvalue weighted by Crippen LogP contribution is -2.41. The van der Waals surface area contributed by atoms with Crippen LogP contribution in [-0.4, -0.2) is 45.6 Å². The highest BCUT2D eigenvalue weighted by atomic mass is 79.9. The molecule has 0 aliphatic carbocycles. The van der Waals surface area contributed by atoms with Crippen LogP contribution in [0.1, 0.15) is 51.5 Å². The van der Waals surface area contributed by atoms with Crippen LogP contribution in [-0.2, 0) is 19.6 Å². The van der Waals surface area contributed by atoms with Crippen LogP contribution in [0.3, 0.4) is 0 Å². The molecule has 12 heteroatoms. The van der Waals surface area contributed by atoms with Gasteiger partial charge >= 0.3 is 5.69 Å². The fourth-order valence-corrected chi connectivity index (χ4v) is 5.49. The summed E-state index contributed by atoms with van der Waals surface area (Å²) in [5.74, 6) is 0.259. The minimum absolute atomic E-state index is 0.0308. The van der Waals surface area contributed by atoms with Gasteiger partial charge in [0.15, 0.2) is 0 Å². The quantitative estimate of drug-likeness (QED) is 0.270. The Hall–Kier alpha value is -4.53. The van der Waals surface area contributed by atoms with Crippen LogP contribution in [0.5, 0.6) is 11.5 Å². The molecular formula is C32H29BrClN5O5. The third kappa shape index (κ3) is 6.23. The van der Waals surface area contributed by atoms with Gasteiger partial charge in [-0.3, -0.25) is 18.7 Å². The van der Waals surface area contributed by atoms with Gasteiger partial charge in [0, 0.05) is 29.7 Å². The number of benzene rings is 3. The number of amides is 2. The smallest absolute Gasteiger partial charge is 0.333 e. The Morgan fingerprint density at radius 3 is 2.50 bits per heavy atom. The van der Waals surface area contributed by atoms with E-state index in [2.05, 4.69) is 27.3 Å². The molecule has 0 radical (unpaired) electrons. The van der Waals surface area contributed by atoms with E-state index in [0.29, 0.717) is 49.1 Å². The second-order valence-corrected chi connectivity index (χ2v) is 11.7.